The zero-order valence-electron chi connectivity index (χ0n) is 7.87. The third kappa shape index (κ3) is 2.53. The zero-order valence-corrected chi connectivity index (χ0v) is 7.87. The van der Waals surface area contributed by atoms with Crippen molar-refractivity contribution in [2.24, 2.45) is 0 Å². The van der Waals surface area contributed by atoms with E-state index in [2.05, 4.69) is 5.32 Å². The standard InChI is InChI=1S/C12H9F2N/c13-9-1-5-11(6-2-9)15-12-7-3-10(14)4-8-12/h1-8,15H. The normalized spacial score (nSPS) is 10.0. The lowest BCUT2D eigenvalue weighted by Crippen LogP contribution is -1.90. The largest absolute Gasteiger partial charge is 0.356 e. The average molecular weight is 205 g/mol. The molecule has 0 radical (unpaired) electrons. The Morgan fingerprint density at radius 2 is 0.933 bits per heavy atom. The van der Waals surface area contributed by atoms with Gasteiger partial charge in [-0.2, -0.15) is 0 Å². The third-order valence-electron chi connectivity index (χ3n) is 1.98. The van der Waals surface area contributed by atoms with Crippen molar-refractivity contribution in [2.75, 3.05) is 5.32 Å². The molecule has 2 rings (SSSR count). The monoisotopic (exact) mass is 205 g/mol. The lowest BCUT2D eigenvalue weighted by atomic mass is 10.2. The molecule has 0 aromatic heterocycles. The lowest BCUT2D eigenvalue weighted by Gasteiger charge is -2.05. The first kappa shape index (κ1) is 9.65. The van der Waals surface area contributed by atoms with Crippen LogP contribution >= 0.6 is 0 Å². The van der Waals surface area contributed by atoms with Crippen molar-refractivity contribution in [3.8, 4) is 0 Å². The minimum absolute atomic E-state index is 0.278. The molecule has 0 atom stereocenters. The van der Waals surface area contributed by atoms with E-state index in [1.807, 2.05) is 0 Å². The number of benzene rings is 2. The van der Waals surface area contributed by atoms with Gasteiger partial charge in [-0.15, -0.1) is 0 Å². The van der Waals surface area contributed by atoms with Crippen LogP contribution in [0.5, 0.6) is 0 Å². The SMILES string of the molecule is Fc1ccc(Nc2ccc(F)cc2)cc1. The van der Waals surface area contributed by atoms with Crippen LogP contribution in [0.15, 0.2) is 48.5 Å². The van der Waals surface area contributed by atoms with Crippen molar-refractivity contribution in [2.45, 2.75) is 0 Å². The van der Waals surface area contributed by atoms with Gasteiger partial charge in [0.2, 0.25) is 0 Å². The number of hydrogen-bond acceptors (Lipinski definition) is 1. The molecule has 0 spiro atoms. The predicted molar refractivity (Wildman–Crippen MR) is 56.1 cm³/mol. The van der Waals surface area contributed by atoms with E-state index < -0.39 is 0 Å². The first-order valence-electron chi connectivity index (χ1n) is 4.52. The Hall–Kier alpha value is -1.90. The topological polar surface area (TPSA) is 12.0 Å². The van der Waals surface area contributed by atoms with Crippen molar-refractivity contribution < 1.29 is 8.78 Å². The van der Waals surface area contributed by atoms with Gasteiger partial charge in [0.1, 0.15) is 11.6 Å². The van der Waals surface area contributed by atoms with Crippen molar-refractivity contribution in [3.05, 3.63) is 60.2 Å². The molecule has 0 fully saturated rings. The van der Waals surface area contributed by atoms with E-state index in [1.165, 1.54) is 24.3 Å². The number of nitrogens with one attached hydrogen (secondary N) is 1. The second-order valence-corrected chi connectivity index (χ2v) is 3.14. The minimum atomic E-state index is -0.278. The summed E-state index contributed by atoms with van der Waals surface area (Å²) in [5.41, 5.74) is 1.53. The van der Waals surface area contributed by atoms with Crippen LogP contribution in [0.2, 0.25) is 0 Å². The molecular formula is C12H9F2N. The van der Waals surface area contributed by atoms with Gasteiger partial charge in [0.25, 0.3) is 0 Å². The molecule has 0 aliphatic heterocycles. The molecule has 1 N–H and O–H groups in total. The molecule has 0 amide bonds. The second-order valence-electron chi connectivity index (χ2n) is 3.14. The van der Waals surface area contributed by atoms with Crippen molar-refractivity contribution in [3.63, 3.8) is 0 Å². The summed E-state index contributed by atoms with van der Waals surface area (Å²) in [4.78, 5) is 0. The van der Waals surface area contributed by atoms with Crippen LogP contribution < -0.4 is 5.32 Å². The molecule has 0 aliphatic rings. The van der Waals surface area contributed by atoms with Crippen LogP contribution in [-0.4, -0.2) is 0 Å². The molecule has 0 saturated carbocycles. The molecule has 3 heteroatoms. The highest BCUT2D eigenvalue weighted by atomic mass is 19.1. The first-order valence-corrected chi connectivity index (χ1v) is 4.52. The van der Waals surface area contributed by atoms with Gasteiger partial charge in [-0.25, -0.2) is 8.78 Å². The average Bonchev–Trinajstić information content (AvgIpc) is 2.25. The molecule has 76 valence electrons. The smallest absolute Gasteiger partial charge is 0.123 e. The third-order valence-corrected chi connectivity index (χ3v) is 1.98. The number of anilines is 2. The molecular weight excluding hydrogens is 196 g/mol. The highest BCUT2D eigenvalue weighted by molar-refractivity contribution is 5.59. The predicted octanol–water partition coefficient (Wildman–Crippen LogP) is 3.71. The maximum Gasteiger partial charge on any atom is 0.123 e. The fourth-order valence-corrected chi connectivity index (χ4v) is 1.23. The van der Waals surface area contributed by atoms with E-state index in [9.17, 15) is 8.78 Å². The highest BCUT2D eigenvalue weighted by Crippen LogP contribution is 2.16. The highest BCUT2D eigenvalue weighted by Gasteiger charge is 1.95. The Morgan fingerprint density at radius 3 is 1.27 bits per heavy atom. The number of halogens is 2. The van der Waals surface area contributed by atoms with Gasteiger partial charge in [-0.3, -0.25) is 0 Å². The van der Waals surface area contributed by atoms with Crippen LogP contribution in [-0.2, 0) is 0 Å². The molecule has 0 bridgehead atoms. The summed E-state index contributed by atoms with van der Waals surface area (Å²) >= 11 is 0. The summed E-state index contributed by atoms with van der Waals surface area (Å²) < 4.78 is 25.2. The lowest BCUT2D eigenvalue weighted by molar-refractivity contribution is 0.628. The van der Waals surface area contributed by atoms with Gasteiger partial charge in [0, 0.05) is 11.4 Å². The molecule has 2 aromatic rings. The van der Waals surface area contributed by atoms with Crippen LogP contribution in [0.1, 0.15) is 0 Å². The molecule has 0 heterocycles. The number of rotatable bonds is 2. The van der Waals surface area contributed by atoms with Crippen LogP contribution in [0.25, 0.3) is 0 Å². The molecule has 2 aromatic carbocycles. The van der Waals surface area contributed by atoms with E-state index >= 15 is 0 Å². The van der Waals surface area contributed by atoms with Gasteiger partial charge in [0.15, 0.2) is 0 Å². The zero-order chi connectivity index (χ0) is 10.7. The van der Waals surface area contributed by atoms with Crippen molar-refractivity contribution in [1.82, 2.24) is 0 Å². The van der Waals surface area contributed by atoms with E-state index in [0.717, 1.165) is 11.4 Å². The van der Waals surface area contributed by atoms with E-state index in [-0.39, 0.29) is 11.6 Å². The van der Waals surface area contributed by atoms with Gasteiger partial charge in [-0.1, -0.05) is 0 Å². The van der Waals surface area contributed by atoms with Gasteiger partial charge in [0.05, 0.1) is 0 Å². The summed E-state index contributed by atoms with van der Waals surface area (Å²) in [7, 11) is 0. The molecule has 0 unspecified atom stereocenters. The van der Waals surface area contributed by atoms with E-state index in [0.29, 0.717) is 0 Å². The minimum Gasteiger partial charge on any atom is -0.356 e. The first-order chi connectivity index (χ1) is 7.24. The van der Waals surface area contributed by atoms with Crippen molar-refractivity contribution >= 4 is 11.4 Å². The van der Waals surface area contributed by atoms with E-state index in [1.54, 1.807) is 24.3 Å². The van der Waals surface area contributed by atoms with Gasteiger partial charge < -0.3 is 5.32 Å². The number of hydrogen-bond donors (Lipinski definition) is 1. The molecule has 1 nitrogen and oxygen atoms in total. The van der Waals surface area contributed by atoms with Crippen LogP contribution in [0.4, 0.5) is 20.2 Å². The summed E-state index contributed by atoms with van der Waals surface area (Å²) in [6.07, 6.45) is 0. The summed E-state index contributed by atoms with van der Waals surface area (Å²) in [6, 6.07) is 12.0. The van der Waals surface area contributed by atoms with Gasteiger partial charge >= 0.3 is 0 Å². The quantitative estimate of drug-likeness (QED) is 0.788. The second kappa shape index (κ2) is 4.09. The Bertz CT molecular complexity index is 391. The Morgan fingerprint density at radius 1 is 0.600 bits per heavy atom. The Kier molecular flexibility index (Phi) is 2.63. The molecule has 0 aliphatic carbocycles. The van der Waals surface area contributed by atoms with Gasteiger partial charge in [-0.05, 0) is 48.5 Å². The summed E-state index contributed by atoms with van der Waals surface area (Å²) in [6.45, 7) is 0. The van der Waals surface area contributed by atoms with E-state index in [4.69, 9.17) is 0 Å². The maximum absolute atomic E-state index is 12.6. The maximum atomic E-state index is 12.6. The van der Waals surface area contributed by atoms with Crippen LogP contribution in [0.3, 0.4) is 0 Å². The Balaban J connectivity index is 2.15. The van der Waals surface area contributed by atoms with Crippen LogP contribution in [0, 0.1) is 11.6 Å². The molecule has 15 heavy (non-hydrogen) atoms. The van der Waals surface area contributed by atoms with Crippen molar-refractivity contribution in [1.29, 1.82) is 0 Å². The summed E-state index contributed by atoms with van der Waals surface area (Å²) in [5, 5.41) is 3.02. The Labute approximate surface area is 86.4 Å². The fourth-order valence-electron chi connectivity index (χ4n) is 1.23. The molecule has 0 saturated heterocycles. The summed E-state index contributed by atoms with van der Waals surface area (Å²) in [5.74, 6) is -0.556. The fraction of sp³-hybridized carbons (Fsp3) is 0.